The maximum atomic E-state index is 4.06. The van der Waals surface area contributed by atoms with E-state index >= 15 is 0 Å². The van der Waals surface area contributed by atoms with Gasteiger partial charge in [0.05, 0.1) is 5.69 Å². The summed E-state index contributed by atoms with van der Waals surface area (Å²) in [5.41, 5.74) is 2.47. The van der Waals surface area contributed by atoms with E-state index in [9.17, 15) is 0 Å². The Labute approximate surface area is 90.0 Å². The average Bonchev–Trinajstić information content (AvgIpc) is 2.32. The predicted octanol–water partition coefficient (Wildman–Crippen LogP) is 2.65. The van der Waals surface area contributed by atoms with Gasteiger partial charge in [0.15, 0.2) is 0 Å². The number of benzene rings is 1. The first-order valence-electron chi connectivity index (χ1n) is 5.25. The molecule has 0 N–H and O–H groups in total. The summed E-state index contributed by atoms with van der Waals surface area (Å²) < 4.78 is 0. The minimum Gasteiger partial charge on any atom is -0.159 e. The summed E-state index contributed by atoms with van der Waals surface area (Å²) in [7, 11) is 0. The van der Waals surface area contributed by atoms with Crippen molar-refractivity contribution < 1.29 is 0 Å². The van der Waals surface area contributed by atoms with Crippen LogP contribution in [0.4, 0.5) is 0 Å². The molecule has 0 bridgehead atoms. The third-order valence-electron chi connectivity index (χ3n) is 2.37. The number of hydrogen-bond donors (Lipinski definition) is 0. The third kappa shape index (κ3) is 3.17. The molecule has 0 atom stereocenters. The highest BCUT2D eigenvalue weighted by molar-refractivity contribution is 5.14. The van der Waals surface area contributed by atoms with Crippen molar-refractivity contribution in [2.45, 2.75) is 19.3 Å². The smallest absolute Gasteiger partial charge is 0.0631 e. The second-order valence-corrected chi connectivity index (χ2v) is 3.55. The summed E-state index contributed by atoms with van der Waals surface area (Å²) in [5, 5.41) is 7.92. The van der Waals surface area contributed by atoms with Crippen LogP contribution in [0.1, 0.15) is 17.7 Å². The normalized spacial score (nSPS) is 10.1. The maximum absolute atomic E-state index is 4.06. The Morgan fingerprint density at radius 3 is 2.47 bits per heavy atom. The van der Waals surface area contributed by atoms with Crippen molar-refractivity contribution in [2.24, 2.45) is 0 Å². The minimum atomic E-state index is 1.00. The lowest BCUT2D eigenvalue weighted by Gasteiger charge is -2.00. The van der Waals surface area contributed by atoms with Gasteiger partial charge in [0, 0.05) is 6.20 Å². The first-order valence-corrected chi connectivity index (χ1v) is 5.25. The molecule has 0 aliphatic rings. The molecular weight excluding hydrogens is 184 g/mol. The zero-order valence-corrected chi connectivity index (χ0v) is 8.63. The molecule has 0 unspecified atom stereocenters. The lowest BCUT2D eigenvalue weighted by molar-refractivity contribution is 0.778. The highest BCUT2D eigenvalue weighted by Crippen LogP contribution is 2.05. The Morgan fingerprint density at radius 1 is 0.867 bits per heavy atom. The highest BCUT2D eigenvalue weighted by atomic mass is 15.1. The van der Waals surface area contributed by atoms with E-state index < -0.39 is 0 Å². The molecule has 0 saturated heterocycles. The van der Waals surface area contributed by atoms with Gasteiger partial charge in [0.25, 0.3) is 0 Å². The van der Waals surface area contributed by atoms with Crippen LogP contribution in [0.25, 0.3) is 0 Å². The van der Waals surface area contributed by atoms with Crippen molar-refractivity contribution in [3.63, 3.8) is 0 Å². The van der Waals surface area contributed by atoms with Gasteiger partial charge in [-0.1, -0.05) is 30.3 Å². The van der Waals surface area contributed by atoms with Crippen molar-refractivity contribution in [1.29, 1.82) is 0 Å². The Hall–Kier alpha value is -1.70. The molecule has 0 fully saturated rings. The standard InChI is InChI=1S/C13H14N2/c1-2-6-12(7-3-1)8-4-9-13-10-5-11-14-15-13/h1-3,5-7,10-11H,4,8-9H2. The average molecular weight is 198 g/mol. The van der Waals surface area contributed by atoms with E-state index in [0.717, 1.165) is 25.0 Å². The number of aryl methyl sites for hydroxylation is 2. The fourth-order valence-electron chi connectivity index (χ4n) is 1.59. The van der Waals surface area contributed by atoms with Gasteiger partial charge >= 0.3 is 0 Å². The first-order chi connectivity index (χ1) is 7.45. The predicted molar refractivity (Wildman–Crippen MR) is 60.5 cm³/mol. The molecule has 0 radical (unpaired) electrons. The third-order valence-corrected chi connectivity index (χ3v) is 2.37. The van der Waals surface area contributed by atoms with Gasteiger partial charge < -0.3 is 0 Å². The van der Waals surface area contributed by atoms with E-state index in [2.05, 4.69) is 34.5 Å². The zero-order valence-electron chi connectivity index (χ0n) is 8.63. The lowest BCUT2D eigenvalue weighted by Crippen LogP contribution is -1.93. The van der Waals surface area contributed by atoms with Gasteiger partial charge in [-0.15, -0.1) is 0 Å². The summed E-state index contributed by atoms with van der Waals surface area (Å²) >= 11 is 0. The molecule has 1 aromatic heterocycles. The van der Waals surface area contributed by atoms with Gasteiger partial charge in [-0.25, -0.2) is 0 Å². The van der Waals surface area contributed by atoms with Crippen LogP contribution in [-0.4, -0.2) is 10.2 Å². The molecule has 0 spiro atoms. The Kier molecular flexibility index (Phi) is 3.44. The van der Waals surface area contributed by atoms with Crippen LogP contribution < -0.4 is 0 Å². The summed E-state index contributed by atoms with van der Waals surface area (Å²) in [6, 6.07) is 14.5. The molecular formula is C13H14N2. The number of rotatable bonds is 4. The second-order valence-electron chi connectivity index (χ2n) is 3.55. The van der Waals surface area contributed by atoms with E-state index in [1.165, 1.54) is 5.56 Å². The molecule has 0 aliphatic carbocycles. The molecule has 2 aromatic rings. The van der Waals surface area contributed by atoms with Gasteiger partial charge in [0.2, 0.25) is 0 Å². The Morgan fingerprint density at radius 2 is 1.73 bits per heavy atom. The van der Waals surface area contributed by atoms with E-state index in [1.807, 2.05) is 18.2 Å². The molecule has 1 aromatic carbocycles. The van der Waals surface area contributed by atoms with E-state index in [1.54, 1.807) is 6.20 Å². The first kappa shape index (κ1) is 9.84. The fraction of sp³-hybridized carbons (Fsp3) is 0.231. The van der Waals surface area contributed by atoms with Crippen molar-refractivity contribution >= 4 is 0 Å². The second kappa shape index (κ2) is 5.25. The van der Waals surface area contributed by atoms with Crippen LogP contribution in [0.5, 0.6) is 0 Å². The molecule has 15 heavy (non-hydrogen) atoms. The zero-order chi connectivity index (χ0) is 10.3. The van der Waals surface area contributed by atoms with Crippen LogP contribution in [0.15, 0.2) is 48.7 Å². The van der Waals surface area contributed by atoms with Crippen molar-refractivity contribution in [2.75, 3.05) is 0 Å². The van der Waals surface area contributed by atoms with Crippen LogP contribution in [0, 0.1) is 0 Å². The molecule has 76 valence electrons. The molecule has 0 aliphatic heterocycles. The van der Waals surface area contributed by atoms with E-state index in [-0.39, 0.29) is 0 Å². The number of hydrogen-bond acceptors (Lipinski definition) is 2. The van der Waals surface area contributed by atoms with Gasteiger partial charge in [-0.3, -0.25) is 0 Å². The van der Waals surface area contributed by atoms with Crippen LogP contribution >= 0.6 is 0 Å². The van der Waals surface area contributed by atoms with Crippen molar-refractivity contribution in [3.05, 3.63) is 59.9 Å². The van der Waals surface area contributed by atoms with E-state index in [4.69, 9.17) is 0 Å². The van der Waals surface area contributed by atoms with Crippen molar-refractivity contribution in [1.82, 2.24) is 10.2 Å². The molecule has 1 heterocycles. The molecule has 2 rings (SSSR count). The Bertz CT molecular complexity index is 344. The monoisotopic (exact) mass is 198 g/mol. The fourth-order valence-corrected chi connectivity index (χ4v) is 1.59. The molecule has 0 saturated carbocycles. The number of aromatic nitrogens is 2. The molecule has 2 nitrogen and oxygen atoms in total. The Balaban J connectivity index is 1.81. The largest absolute Gasteiger partial charge is 0.159 e. The summed E-state index contributed by atoms with van der Waals surface area (Å²) in [6.07, 6.45) is 4.95. The topological polar surface area (TPSA) is 25.8 Å². The summed E-state index contributed by atoms with van der Waals surface area (Å²) in [4.78, 5) is 0. The van der Waals surface area contributed by atoms with Crippen LogP contribution in [0.2, 0.25) is 0 Å². The van der Waals surface area contributed by atoms with Crippen LogP contribution in [0.3, 0.4) is 0 Å². The summed E-state index contributed by atoms with van der Waals surface area (Å²) in [6.45, 7) is 0. The minimum absolute atomic E-state index is 1.00. The molecule has 0 amide bonds. The van der Waals surface area contributed by atoms with Crippen molar-refractivity contribution in [3.8, 4) is 0 Å². The maximum Gasteiger partial charge on any atom is 0.0631 e. The highest BCUT2D eigenvalue weighted by Gasteiger charge is 1.95. The SMILES string of the molecule is c1ccc(CCCc2cccnn2)cc1. The van der Waals surface area contributed by atoms with Gasteiger partial charge in [0.1, 0.15) is 0 Å². The van der Waals surface area contributed by atoms with Crippen LogP contribution in [-0.2, 0) is 12.8 Å². The lowest BCUT2D eigenvalue weighted by atomic mass is 10.1. The summed E-state index contributed by atoms with van der Waals surface area (Å²) in [5.74, 6) is 0. The van der Waals surface area contributed by atoms with E-state index in [0.29, 0.717) is 0 Å². The number of nitrogens with zero attached hydrogens (tertiary/aromatic N) is 2. The van der Waals surface area contributed by atoms with Gasteiger partial charge in [-0.05, 0) is 37.0 Å². The molecule has 2 heteroatoms. The quantitative estimate of drug-likeness (QED) is 0.754. The van der Waals surface area contributed by atoms with Gasteiger partial charge in [-0.2, -0.15) is 10.2 Å².